The molecule has 1 aromatic heterocycles. The lowest BCUT2D eigenvalue weighted by molar-refractivity contribution is 0.437. The summed E-state index contributed by atoms with van der Waals surface area (Å²) in [4.78, 5) is 15.3. The Morgan fingerprint density at radius 1 is 0.293 bits per heavy atom. The van der Waals surface area contributed by atoms with Crippen molar-refractivity contribution in [2.24, 2.45) is 0 Å². The molecule has 0 radical (unpaired) electrons. The summed E-state index contributed by atoms with van der Waals surface area (Å²) in [7, 11) is 0. The molecule has 270 valence electrons. The molecule has 58 heavy (non-hydrogen) atoms. The molecule has 0 bridgehead atoms. The monoisotopic (exact) mass is 739 g/mol. The molecule has 4 nitrogen and oxygen atoms in total. The third-order valence-electron chi connectivity index (χ3n) is 12.0. The summed E-state index contributed by atoms with van der Waals surface area (Å²) >= 11 is 0. The summed E-state index contributed by atoms with van der Waals surface area (Å²) in [5, 5.41) is 4.77. The highest BCUT2D eigenvalue weighted by atomic mass is 16.5. The van der Waals surface area contributed by atoms with Crippen LogP contribution in [0.25, 0.3) is 78.0 Å². The molecule has 2 heterocycles. The summed E-state index contributed by atoms with van der Waals surface area (Å²) in [6, 6.07) is 70.9. The number of fused-ring (bicyclic) bond motifs is 11. The van der Waals surface area contributed by atoms with Crippen LogP contribution in [0.15, 0.2) is 200 Å². The van der Waals surface area contributed by atoms with Crippen LogP contribution in [0, 0.1) is 0 Å². The van der Waals surface area contributed by atoms with Gasteiger partial charge in [0.2, 0.25) is 0 Å². The molecule has 1 aliphatic carbocycles. The van der Waals surface area contributed by atoms with Crippen LogP contribution >= 0.6 is 0 Å². The first kappa shape index (κ1) is 32.5. The van der Waals surface area contributed by atoms with Crippen LogP contribution in [0.3, 0.4) is 0 Å². The molecule has 0 amide bonds. The predicted octanol–water partition coefficient (Wildman–Crippen LogP) is 13.3. The molecule has 0 saturated carbocycles. The highest BCUT2D eigenvalue weighted by Gasteiger charge is 2.51. The van der Waals surface area contributed by atoms with Gasteiger partial charge >= 0.3 is 0 Å². The van der Waals surface area contributed by atoms with Crippen LogP contribution in [-0.2, 0) is 5.41 Å². The van der Waals surface area contributed by atoms with Gasteiger partial charge in [-0.25, -0.2) is 15.0 Å². The average molecular weight is 740 g/mol. The van der Waals surface area contributed by atoms with Crippen molar-refractivity contribution in [1.82, 2.24) is 15.0 Å². The van der Waals surface area contributed by atoms with E-state index in [1.165, 1.54) is 44.0 Å². The van der Waals surface area contributed by atoms with Crippen molar-refractivity contribution in [2.45, 2.75) is 5.41 Å². The molecule has 0 saturated heterocycles. The van der Waals surface area contributed by atoms with E-state index in [9.17, 15) is 0 Å². The van der Waals surface area contributed by atoms with E-state index in [1.54, 1.807) is 0 Å². The zero-order valence-corrected chi connectivity index (χ0v) is 31.3. The standard InChI is InChI=1S/C54H33N3O/c1-2-13-36(14-3-1)51-55-52(37-25-22-35(23-26-37)41-27-24-34-12-4-5-15-38(34)30-41)57-53(56-51)42-28-29-47-49(33-42)58-50-32-40-17-7-6-16-39(40)31-48(50)54(47)45-20-10-8-18-43(45)44-19-9-11-21-46(44)54/h1-33H. The van der Waals surface area contributed by atoms with E-state index in [1.807, 2.05) is 30.3 Å². The minimum atomic E-state index is -0.578. The van der Waals surface area contributed by atoms with Crippen molar-refractivity contribution in [3.05, 3.63) is 222 Å². The average Bonchev–Trinajstić information content (AvgIpc) is 3.59. The van der Waals surface area contributed by atoms with Gasteiger partial charge in [0.25, 0.3) is 0 Å². The zero-order chi connectivity index (χ0) is 38.2. The van der Waals surface area contributed by atoms with Gasteiger partial charge in [-0.2, -0.15) is 0 Å². The Morgan fingerprint density at radius 3 is 1.47 bits per heavy atom. The van der Waals surface area contributed by atoms with Gasteiger partial charge in [-0.3, -0.25) is 0 Å². The number of hydrogen-bond acceptors (Lipinski definition) is 4. The molecule has 10 aromatic rings. The maximum absolute atomic E-state index is 7.01. The van der Waals surface area contributed by atoms with E-state index in [2.05, 4.69) is 170 Å². The maximum atomic E-state index is 7.01. The quantitative estimate of drug-likeness (QED) is 0.180. The lowest BCUT2D eigenvalue weighted by Crippen LogP contribution is -2.32. The molecule has 12 rings (SSSR count). The van der Waals surface area contributed by atoms with Crippen molar-refractivity contribution in [2.75, 3.05) is 0 Å². The summed E-state index contributed by atoms with van der Waals surface area (Å²) in [6.07, 6.45) is 0. The van der Waals surface area contributed by atoms with E-state index < -0.39 is 5.41 Å². The SMILES string of the molecule is c1ccc(-c2nc(-c3ccc(-c4ccc5ccccc5c4)cc3)nc(-c3ccc4c(c3)Oc3cc5ccccc5cc3C43c4ccccc4-c4ccccc43)n2)cc1. The Labute approximate surface area is 335 Å². The third kappa shape index (κ3) is 4.92. The highest BCUT2D eigenvalue weighted by Crippen LogP contribution is 2.62. The maximum Gasteiger partial charge on any atom is 0.164 e. The molecule has 0 unspecified atom stereocenters. The Bertz CT molecular complexity index is 3220. The predicted molar refractivity (Wildman–Crippen MR) is 234 cm³/mol. The topological polar surface area (TPSA) is 47.9 Å². The van der Waals surface area contributed by atoms with Crippen LogP contribution < -0.4 is 4.74 Å². The van der Waals surface area contributed by atoms with Crippen LogP contribution in [0.5, 0.6) is 11.5 Å². The van der Waals surface area contributed by atoms with Crippen molar-refractivity contribution >= 4 is 21.5 Å². The van der Waals surface area contributed by atoms with Gasteiger partial charge in [0, 0.05) is 27.8 Å². The molecule has 0 N–H and O–H groups in total. The number of ether oxygens (including phenoxy) is 1. The van der Waals surface area contributed by atoms with Gasteiger partial charge in [0.15, 0.2) is 17.5 Å². The van der Waals surface area contributed by atoms with Gasteiger partial charge in [0.05, 0.1) is 5.41 Å². The third-order valence-corrected chi connectivity index (χ3v) is 12.0. The van der Waals surface area contributed by atoms with Gasteiger partial charge < -0.3 is 4.74 Å². The number of nitrogens with zero attached hydrogens (tertiary/aromatic N) is 3. The molecule has 0 fully saturated rings. The smallest absolute Gasteiger partial charge is 0.164 e. The summed E-state index contributed by atoms with van der Waals surface area (Å²) in [5.41, 5.74) is 11.7. The fraction of sp³-hybridized carbons (Fsp3) is 0.0185. The van der Waals surface area contributed by atoms with E-state index in [4.69, 9.17) is 19.7 Å². The minimum Gasteiger partial charge on any atom is -0.457 e. The van der Waals surface area contributed by atoms with Crippen LogP contribution in [0.4, 0.5) is 0 Å². The fourth-order valence-corrected chi connectivity index (χ4v) is 9.26. The van der Waals surface area contributed by atoms with Gasteiger partial charge in [0.1, 0.15) is 11.5 Å². The Kier molecular flexibility index (Phi) is 7.11. The van der Waals surface area contributed by atoms with Gasteiger partial charge in [-0.1, -0.05) is 176 Å². The second kappa shape index (κ2) is 12.7. The molecule has 1 aliphatic heterocycles. The van der Waals surface area contributed by atoms with E-state index in [0.29, 0.717) is 17.5 Å². The normalized spacial score (nSPS) is 13.1. The Balaban J connectivity index is 1.03. The largest absolute Gasteiger partial charge is 0.457 e. The zero-order valence-electron chi connectivity index (χ0n) is 31.3. The molecule has 9 aromatic carbocycles. The first-order chi connectivity index (χ1) is 28.7. The van der Waals surface area contributed by atoms with Crippen molar-refractivity contribution in [3.8, 4) is 67.9 Å². The lowest BCUT2D eigenvalue weighted by atomic mass is 9.65. The first-order valence-electron chi connectivity index (χ1n) is 19.7. The Morgan fingerprint density at radius 2 is 0.776 bits per heavy atom. The second-order valence-corrected chi connectivity index (χ2v) is 15.2. The van der Waals surface area contributed by atoms with E-state index in [-0.39, 0.29) is 0 Å². The van der Waals surface area contributed by atoms with Crippen LogP contribution in [0.2, 0.25) is 0 Å². The molecular formula is C54H33N3O. The minimum absolute atomic E-state index is 0.578. The molecule has 2 aliphatic rings. The van der Waals surface area contributed by atoms with Crippen LogP contribution in [-0.4, -0.2) is 15.0 Å². The molecular weight excluding hydrogens is 707 g/mol. The fourth-order valence-electron chi connectivity index (χ4n) is 9.26. The molecule has 0 atom stereocenters. The van der Waals surface area contributed by atoms with Crippen molar-refractivity contribution < 1.29 is 4.74 Å². The number of rotatable bonds is 4. The van der Waals surface area contributed by atoms with Crippen molar-refractivity contribution in [3.63, 3.8) is 0 Å². The number of hydrogen-bond donors (Lipinski definition) is 0. The van der Waals surface area contributed by atoms with Crippen LogP contribution in [0.1, 0.15) is 22.3 Å². The number of benzene rings is 9. The Hall–Kier alpha value is -7.69. The summed E-state index contributed by atoms with van der Waals surface area (Å²) in [5.74, 6) is 3.45. The lowest BCUT2D eigenvalue weighted by Gasteiger charge is -2.39. The number of aromatic nitrogens is 3. The van der Waals surface area contributed by atoms with Gasteiger partial charge in [-0.15, -0.1) is 0 Å². The second-order valence-electron chi connectivity index (χ2n) is 15.2. The summed E-state index contributed by atoms with van der Waals surface area (Å²) in [6.45, 7) is 0. The van der Waals surface area contributed by atoms with Crippen molar-refractivity contribution in [1.29, 1.82) is 0 Å². The molecule has 4 heteroatoms. The molecule has 1 spiro atoms. The van der Waals surface area contributed by atoms with E-state index in [0.717, 1.165) is 50.3 Å². The first-order valence-corrected chi connectivity index (χ1v) is 19.7. The summed E-state index contributed by atoms with van der Waals surface area (Å²) < 4.78 is 7.01. The highest BCUT2D eigenvalue weighted by molar-refractivity contribution is 5.93. The van der Waals surface area contributed by atoms with E-state index >= 15 is 0 Å². The van der Waals surface area contributed by atoms with Gasteiger partial charge in [-0.05, 0) is 79.2 Å².